The van der Waals surface area contributed by atoms with Crippen molar-refractivity contribution in [2.24, 2.45) is 11.0 Å². The third-order valence-electron chi connectivity index (χ3n) is 2.39. The van der Waals surface area contributed by atoms with Gasteiger partial charge in [-0.05, 0) is 12.8 Å². The van der Waals surface area contributed by atoms with Gasteiger partial charge in [-0.2, -0.15) is 5.10 Å². The second-order valence-corrected chi connectivity index (χ2v) is 3.18. The minimum absolute atomic E-state index is 0.317. The van der Waals surface area contributed by atoms with Crippen LogP contribution in [0.1, 0.15) is 33.1 Å². The lowest BCUT2D eigenvalue weighted by Gasteiger charge is -2.21. The van der Waals surface area contributed by atoms with Gasteiger partial charge in [-0.1, -0.05) is 20.3 Å². The Kier molecular flexibility index (Phi) is 3.26. The maximum absolute atomic E-state index is 10.6. The number of hydrogen-bond acceptors (Lipinski definition) is 2. The molecule has 0 unspecified atom stereocenters. The minimum atomic E-state index is 0.317. The van der Waals surface area contributed by atoms with E-state index in [1.165, 1.54) is 0 Å². The first-order valence-corrected chi connectivity index (χ1v) is 4.61. The van der Waals surface area contributed by atoms with Gasteiger partial charge < -0.3 is 0 Å². The van der Waals surface area contributed by atoms with Gasteiger partial charge in [-0.3, -0.25) is 4.79 Å². The highest BCUT2D eigenvalue weighted by atomic mass is 16.1. The third kappa shape index (κ3) is 1.65. The molecule has 0 saturated heterocycles. The van der Waals surface area contributed by atoms with Crippen LogP contribution < -0.4 is 0 Å². The zero-order valence-electron chi connectivity index (χ0n) is 7.73. The van der Waals surface area contributed by atoms with Gasteiger partial charge in [0.25, 0.3) is 0 Å². The van der Waals surface area contributed by atoms with E-state index in [0.29, 0.717) is 12.0 Å². The summed E-state index contributed by atoms with van der Waals surface area (Å²) in [5, 5.41) is 5.60. The molecule has 12 heavy (non-hydrogen) atoms. The van der Waals surface area contributed by atoms with E-state index in [4.69, 9.17) is 0 Å². The summed E-state index contributed by atoms with van der Waals surface area (Å²) in [6, 6.07) is 0.317. The molecule has 0 saturated carbocycles. The largest absolute Gasteiger partial charge is 0.277 e. The number of carbonyl (C=O) groups is 1. The number of hydrazone groups is 1. The van der Waals surface area contributed by atoms with Gasteiger partial charge in [0.1, 0.15) is 0 Å². The predicted molar refractivity (Wildman–Crippen MR) is 48.9 cm³/mol. The Hall–Kier alpha value is -0.860. The van der Waals surface area contributed by atoms with Gasteiger partial charge >= 0.3 is 0 Å². The van der Waals surface area contributed by atoms with E-state index in [-0.39, 0.29) is 0 Å². The molecule has 0 aromatic heterocycles. The van der Waals surface area contributed by atoms with Gasteiger partial charge in [0.2, 0.25) is 6.41 Å². The summed E-state index contributed by atoms with van der Waals surface area (Å²) >= 11 is 0. The Labute approximate surface area is 73.4 Å². The number of hydrogen-bond donors (Lipinski definition) is 0. The van der Waals surface area contributed by atoms with Crippen molar-refractivity contribution in [3.8, 4) is 0 Å². The molecule has 0 aliphatic carbocycles. The van der Waals surface area contributed by atoms with Crippen LogP contribution in [-0.4, -0.2) is 23.7 Å². The van der Waals surface area contributed by atoms with Crippen LogP contribution in [0.4, 0.5) is 0 Å². The van der Waals surface area contributed by atoms with E-state index >= 15 is 0 Å². The lowest BCUT2D eigenvalue weighted by molar-refractivity contribution is -0.120. The maximum Gasteiger partial charge on any atom is 0.230 e. The molecule has 0 spiro atoms. The molecular weight excluding hydrogens is 152 g/mol. The molecule has 3 nitrogen and oxygen atoms in total. The molecule has 0 fully saturated rings. The third-order valence-corrected chi connectivity index (χ3v) is 2.39. The van der Waals surface area contributed by atoms with Gasteiger partial charge in [-0.25, -0.2) is 5.01 Å². The van der Waals surface area contributed by atoms with E-state index < -0.39 is 0 Å². The Morgan fingerprint density at radius 2 is 2.33 bits per heavy atom. The first kappa shape index (κ1) is 9.23. The summed E-state index contributed by atoms with van der Waals surface area (Å²) < 4.78 is 0. The van der Waals surface area contributed by atoms with Crippen molar-refractivity contribution >= 4 is 12.6 Å². The SMILES string of the molecule is CCC[C@@H]1[C@H](CC)C=NN1C=O. The van der Waals surface area contributed by atoms with Crippen LogP contribution in [-0.2, 0) is 4.79 Å². The molecule has 0 bridgehead atoms. The fraction of sp³-hybridized carbons (Fsp3) is 0.778. The molecular formula is C9H16N2O. The van der Waals surface area contributed by atoms with Crippen molar-refractivity contribution in [2.75, 3.05) is 0 Å². The first-order valence-electron chi connectivity index (χ1n) is 4.61. The van der Waals surface area contributed by atoms with Crippen LogP contribution in [0.15, 0.2) is 5.10 Å². The van der Waals surface area contributed by atoms with E-state index in [0.717, 1.165) is 25.7 Å². The molecule has 1 amide bonds. The number of amides is 1. The summed E-state index contributed by atoms with van der Waals surface area (Å²) in [6.45, 7) is 4.27. The van der Waals surface area contributed by atoms with Crippen molar-refractivity contribution < 1.29 is 4.79 Å². The van der Waals surface area contributed by atoms with E-state index in [1.807, 2.05) is 6.21 Å². The molecule has 1 rings (SSSR count). The summed E-state index contributed by atoms with van der Waals surface area (Å²) in [4.78, 5) is 10.6. The standard InChI is InChI=1S/C9H16N2O/c1-3-5-9-8(4-2)6-10-11(9)7-12/h6-9H,3-5H2,1-2H3/t8-,9-/m1/s1. The van der Waals surface area contributed by atoms with E-state index in [1.54, 1.807) is 5.01 Å². The molecule has 0 N–H and O–H groups in total. The fourth-order valence-electron chi connectivity index (χ4n) is 1.67. The zero-order chi connectivity index (χ0) is 8.97. The zero-order valence-corrected chi connectivity index (χ0v) is 7.73. The summed E-state index contributed by atoms with van der Waals surface area (Å²) in [5.41, 5.74) is 0. The Morgan fingerprint density at radius 1 is 1.58 bits per heavy atom. The Morgan fingerprint density at radius 3 is 2.83 bits per heavy atom. The van der Waals surface area contributed by atoms with Crippen LogP contribution in [0.25, 0.3) is 0 Å². The lowest BCUT2D eigenvalue weighted by atomic mass is 9.95. The van der Waals surface area contributed by atoms with E-state index in [2.05, 4.69) is 18.9 Å². The molecule has 0 radical (unpaired) electrons. The van der Waals surface area contributed by atoms with Gasteiger partial charge in [-0.15, -0.1) is 0 Å². The molecule has 1 heterocycles. The minimum Gasteiger partial charge on any atom is -0.277 e. The van der Waals surface area contributed by atoms with Crippen molar-refractivity contribution in [3.05, 3.63) is 0 Å². The molecule has 3 heteroatoms. The summed E-state index contributed by atoms with van der Waals surface area (Å²) in [5.74, 6) is 0.468. The van der Waals surface area contributed by atoms with Crippen molar-refractivity contribution in [3.63, 3.8) is 0 Å². The second-order valence-electron chi connectivity index (χ2n) is 3.18. The predicted octanol–water partition coefficient (Wildman–Crippen LogP) is 1.64. The summed E-state index contributed by atoms with van der Waals surface area (Å²) in [7, 11) is 0. The first-order chi connectivity index (χ1) is 5.83. The molecule has 68 valence electrons. The fourth-order valence-corrected chi connectivity index (χ4v) is 1.67. The highest BCUT2D eigenvalue weighted by Gasteiger charge is 2.28. The quantitative estimate of drug-likeness (QED) is 0.587. The smallest absolute Gasteiger partial charge is 0.230 e. The highest BCUT2D eigenvalue weighted by Crippen LogP contribution is 2.22. The number of nitrogens with zero attached hydrogens (tertiary/aromatic N) is 2. The highest BCUT2D eigenvalue weighted by molar-refractivity contribution is 5.67. The van der Waals surface area contributed by atoms with Crippen molar-refractivity contribution in [2.45, 2.75) is 39.2 Å². The van der Waals surface area contributed by atoms with Gasteiger partial charge in [0.05, 0.1) is 6.04 Å². The van der Waals surface area contributed by atoms with Crippen molar-refractivity contribution in [1.29, 1.82) is 0 Å². The number of carbonyl (C=O) groups excluding carboxylic acids is 1. The monoisotopic (exact) mass is 168 g/mol. The molecule has 0 aromatic carbocycles. The topological polar surface area (TPSA) is 32.7 Å². The van der Waals surface area contributed by atoms with Crippen molar-refractivity contribution in [1.82, 2.24) is 5.01 Å². The van der Waals surface area contributed by atoms with Crippen LogP contribution in [0.2, 0.25) is 0 Å². The molecule has 2 atom stereocenters. The maximum atomic E-state index is 10.6. The van der Waals surface area contributed by atoms with Gasteiger partial charge in [0.15, 0.2) is 0 Å². The van der Waals surface area contributed by atoms with Crippen LogP contribution >= 0.6 is 0 Å². The number of rotatable bonds is 4. The Bertz CT molecular complexity index is 179. The van der Waals surface area contributed by atoms with E-state index in [9.17, 15) is 4.79 Å². The van der Waals surface area contributed by atoms with Crippen LogP contribution in [0, 0.1) is 5.92 Å². The Balaban J connectivity index is 2.57. The normalized spacial score (nSPS) is 28.0. The van der Waals surface area contributed by atoms with Crippen LogP contribution in [0.3, 0.4) is 0 Å². The molecule has 0 aromatic rings. The van der Waals surface area contributed by atoms with Gasteiger partial charge in [0, 0.05) is 12.1 Å². The summed E-state index contributed by atoms with van der Waals surface area (Å²) in [6.07, 6.45) is 5.95. The van der Waals surface area contributed by atoms with Crippen LogP contribution in [0.5, 0.6) is 0 Å². The average molecular weight is 168 g/mol. The molecule has 1 aliphatic rings. The average Bonchev–Trinajstić information content (AvgIpc) is 2.48. The molecule has 1 aliphatic heterocycles. The second kappa shape index (κ2) is 4.24. The lowest BCUT2D eigenvalue weighted by Crippen LogP contribution is -2.30.